The van der Waals surface area contributed by atoms with Crippen LogP contribution in [0.3, 0.4) is 0 Å². The zero-order chi connectivity index (χ0) is 25.7. The van der Waals surface area contributed by atoms with E-state index < -0.39 is 5.41 Å². The zero-order valence-corrected chi connectivity index (χ0v) is 21.6. The van der Waals surface area contributed by atoms with Gasteiger partial charge >= 0.3 is 0 Å². The molecule has 1 aliphatic carbocycles. The lowest BCUT2D eigenvalue weighted by atomic mass is 9.64. The average molecular weight is 527 g/mol. The topological polar surface area (TPSA) is 116 Å². The van der Waals surface area contributed by atoms with E-state index in [4.69, 9.17) is 5.73 Å². The van der Waals surface area contributed by atoms with Crippen molar-refractivity contribution >= 4 is 45.6 Å². The standard InChI is InChI=1S/C27H22N6O2S2/c1-32-19-11-6-5-10-17(19)27(24(32)35)18(14-28)23(29)33(20-12-7-13-21(34)22(20)27)25-30-31-26(37-25)36-15-16-8-3-2-4-9-16/h2-6,8-11H,7,12-13,15,29H2,1H3/t27-/m0/s1. The summed E-state index contributed by atoms with van der Waals surface area (Å²) in [6, 6.07) is 19.6. The molecule has 0 unspecified atom stereocenters. The normalized spacial score (nSPS) is 21.0. The Labute approximate surface area is 222 Å². The lowest BCUT2D eigenvalue weighted by Crippen LogP contribution is -2.52. The van der Waals surface area contributed by atoms with Gasteiger partial charge in [0.15, 0.2) is 10.1 Å². The highest BCUT2D eigenvalue weighted by molar-refractivity contribution is 8.00. The average Bonchev–Trinajstić information content (AvgIpc) is 3.47. The number of aromatic nitrogens is 2. The lowest BCUT2D eigenvalue weighted by Gasteiger charge is -2.42. The van der Waals surface area contributed by atoms with Crippen molar-refractivity contribution in [3.8, 4) is 6.07 Å². The van der Waals surface area contributed by atoms with Crippen LogP contribution in [0.2, 0.25) is 0 Å². The Morgan fingerprint density at radius 2 is 1.86 bits per heavy atom. The number of thioether (sulfide) groups is 1. The number of nitrogens with zero attached hydrogens (tertiary/aromatic N) is 5. The Bertz CT molecular complexity index is 1550. The van der Waals surface area contributed by atoms with Gasteiger partial charge in [-0.2, -0.15) is 5.26 Å². The van der Waals surface area contributed by atoms with Crippen LogP contribution in [0.15, 0.2) is 81.6 Å². The number of benzene rings is 2. The van der Waals surface area contributed by atoms with Gasteiger partial charge in [-0.3, -0.25) is 14.5 Å². The minimum atomic E-state index is -1.55. The molecule has 2 aliphatic heterocycles. The molecule has 0 saturated carbocycles. The van der Waals surface area contributed by atoms with Crippen LogP contribution in [0.1, 0.15) is 30.4 Å². The molecule has 37 heavy (non-hydrogen) atoms. The van der Waals surface area contributed by atoms with E-state index in [2.05, 4.69) is 28.4 Å². The molecule has 1 amide bonds. The summed E-state index contributed by atoms with van der Waals surface area (Å²) in [5.41, 5.74) is 8.62. The first-order chi connectivity index (χ1) is 18.0. The summed E-state index contributed by atoms with van der Waals surface area (Å²) in [5, 5.41) is 19.6. The van der Waals surface area contributed by atoms with E-state index in [-0.39, 0.29) is 23.1 Å². The number of carbonyl (C=O) groups is 2. The number of ketones is 1. The molecule has 2 N–H and O–H groups in total. The molecule has 10 heteroatoms. The summed E-state index contributed by atoms with van der Waals surface area (Å²) in [7, 11) is 1.67. The quantitative estimate of drug-likeness (QED) is 0.501. The Hall–Kier alpha value is -3.94. The summed E-state index contributed by atoms with van der Waals surface area (Å²) >= 11 is 2.91. The van der Waals surface area contributed by atoms with E-state index >= 15 is 0 Å². The predicted molar refractivity (Wildman–Crippen MR) is 143 cm³/mol. The number of rotatable bonds is 4. The first-order valence-electron chi connectivity index (χ1n) is 11.8. The minimum Gasteiger partial charge on any atom is -0.384 e. The largest absolute Gasteiger partial charge is 0.384 e. The maximum Gasteiger partial charge on any atom is 0.247 e. The Morgan fingerprint density at radius 3 is 2.65 bits per heavy atom. The highest BCUT2D eigenvalue weighted by atomic mass is 32.2. The van der Waals surface area contributed by atoms with E-state index in [1.165, 1.54) is 21.8 Å². The second-order valence-corrected chi connectivity index (χ2v) is 11.2. The predicted octanol–water partition coefficient (Wildman–Crippen LogP) is 4.27. The molecule has 184 valence electrons. The number of anilines is 2. The number of Topliss-reactive ketones (excluding diaryl/α,β-unsaturated/α-hetero) is 1. The molecule has 0 fully saturated rings. The van der Waals surface area contributed by atoms with E-state index in [0.717, 1.165) is 10.1 Å². The van der Waals surface area contributed by atoms with E-state index in [0.29, 0.717) is 46.9 Å². The maximum atomic E-state index is 14.0. The molecular weight excluding hydrogens is 504 g/mol. The molecule has 6 rings (SSSR count). The number of fused-ring (bicyclic) bond motifs is 3. The first-order valence-corrected chi connectivity index (χ1v) is 13.6. The fraction of sp³-hybridized carbons (Fsp3) is 0.222. The van der Waals surface area contributed by atoms with Crippen molar-refractivity contribution in [2.24, 2.45) is 5.73 Å². The molecule has 8 nitrogen and oxygen atoms in total. The van der Waals surface area contributed by atoms with Gasteiger partial charge in [-0.05, 0) is 24.5 Å². The van der Waals surface area contributed by atoms with Gasteiger partial charge in [0.2, 0.25) is 11.0 Å². The van der Waals surface area contributed by atoms with E-state index in [1.54, 1.807) is 23.7 Å². The highest BCUT2D eigenvalue weighted by Crippen LogP contribution is 2.56. The number of amides is 1. The number of hydrogen-bond donors (Lipinski definition) is 1. The van der Waals surface area contributed by atoms with Crippen LogP contribution in [-0.4, -0.2) is 28.9 Å². The van der Waals surface area contributed by atoms with Gasteiger partial charge in [0.05, 0.1) is 5.57 Å². The molecule has 0 bridgehead atoms. The molecule has 1 aromatic heterocycles. The summed E-state index contributed by atoms with van der Waals surface area (Å²) in [5.74, 6) is 0.363. The first kappa shape index (κ1) is 23.5. The molecule has 0 radical (unpaired) electrons. The van der Waals surface area contributed by atoms with E-state index in [9.17, 15) is 14.9 Å². The van der Waals surface area contributed by atoms with Crippen LogP contribution in [0.4, 0.5) is 10.8 Å². The van der Waals surface area contributed by atoms with Gasteiger partial charge in [0, 0.05) is 41.7 Å². The number of nitriles is 1. The van der Waals surface area contributed by atoms with Gasteiger partial charge < -0.3 is 10.6 Å². The monoisotopic (exact) mass is 526 g/mol. The van der Waals surface area contributed by atoms with Crippen molar-refractivity contribution in [2.45, 2.75) is 34.8 Å². The Kier molecular flexibility index (Phi) is 5.62. The Morgan fingerprint density at radius 1 is 1.11 bits per heavy atom. The van der Waals surface area contributed by atoms with Crippen LogP contribution in [0.25, 0.3) is 0 Å². The third-order valence-electron chi connectivity index (χ3n) is 7.10. The van der Waals surface area contributed by atoms with Crippen LogP contribution < -0.4 is 15.5 Å². The van der Waals surface area contributed by atoms with Crippen molar-refractivity contribution in [1.29, 1.82) is 5.26 Å². The van der Waals surface area contributed by atoms with Gasteiger partial charge in [0.25, 0.3) is 0 Å². The third kappa shape index (κ3) is 3.35. The van der Waals surface area contributed by atoms with Crippen molar-refractivity contribution in [3.63, 3.8) is 0 Å². The summed E-state index contributed by atoms with van der Waals surface area (Å²) in [4.78, 5) is 30.8. The summed E-state index contributed by atoms with van der Waals surface area (Å²) < 4.78 is 0.747. The number of carbonyl (C=O) groups excluding carboxylic acids is 2. The van der Waals surface area contributed by atoms with Crippen molar-refractivity contribution in [3.05, 3.63) is 88.4 Å². The number of nitrogens with two attached hydrogens (primary N) is 1. The maximum absolute atomic E-state index is 14.0. The van der Waals surface area contributed by atoms with Crippen LogP contribution in [0.5, 0.6) is 0 Å². The summed E-state index contributed by atoms with van der Waals surface area (Å²) in [6.07, 6.45) is 1.47. The molecule has 1 atom stereocenters. The van der Waals surface area contributed by atoms with Gasteiger partial charge in [-0.25, -0.2) is 0 Å². The molecule has 2 aromatic carbocycles. The summed E-state index contributed by atoms with van der Waals surface area (Å²) in [6.45, 7) is 0. The number of allylic oxidation sites excluding steroid dienone is 1. The molecular formula is C27H22N6O2S2. The van der Waals surface area contributed by atoms with Crippen LogP contribution in [-0.2, 0) is 20.8 Å². The fourth-order valence-corrected chi connectivity index (χ4v) is 7.36. The smallest absolute Gasteiger partial charge is 0.247 e. The second kappa shape index (κ2) is 8.87. The molecule has 0 saturated heterocycles. The lowest BCUT2D eigenvalue weighted by molar-refractivity contribution is -0.124. The highest BCUT2D eigenvalue weighted by Gasteiger charge is 2.61. The SMILES string of the molecule is CN1C(=O)[C@]2(C(C#N)=C(N)N(c3nnc(SCc4ccccc4)s3)C3=C2C(=O)CCC3)c2ccccc21. The van der Waals surface area contributed by atoms with Crippen LogP contribution >= 0.6 is 23.1 Å². The number of para-hydroxylation sites is 1. The minimum absolute atomic E-state index is 0.0528. The molecule has 3 heterocycles. The Balaban J connectivity index is 1.49. The molecule has 1 spiro atoms. The van der Waals surface area contributed by atoms with Gasteiger partial charge in [-0.15, -0.1) is 10.2 Å². The van der Waals surface area contributed by atoms with Crippen molar-refractivity contribution in [1.82, 2.24) is 10.2 Å². The number of likely N-dealkylation sites (N-methyl/N-ethyl adjacent to an activating group) is 1. The number of hydrogen-bond acceptors (Lipinski definition) is 9. The molecule has 3 aliphatic rings. The van der Waals surface area contributed by atoms with Crippen LogP contribution in [0, 0.1) is 11.3 Å². The zero-order valence-electron chi connectivity index (χ0n) is 20.0. The third-order valence-corrected chi connectivity index (χ3v) is 9.21. The molecule has 3 aromatic rings. The van der Waals surface area contributed by atoms with Crippen molar-refractivity contribution < 1.29 is 9.59 Å². The van der Waals surface area contributed by atoms with E-state index in [1.807, 2.05) is 42.5 Å². The fourth-order valence-electron chi connectivity index (χ4n) is 5.52. The van der Waals surface area contributed by atoms with Gasteiger partial charge in [0.1, 0.15) is 17.3 Å². The van der Waals surface area contributed by atoms with Gasteiger partial charge in [-0.1, -0.05) is 71.6 Å². The van der Waals surface area contributed by atoms with Crippen molar-refractivity contribution in [2.75, 3.05) is 16.8 Å². The second-order valence-electron chi connectivity index (χ2n) is 9.06.